The van der Waals surface area contributed by atoms with E-state index >= 15 is 0 Å². The number of aromatic nitrogens is 2. The van der Waals surface area contributed by atoms with Crippen molar-refractivity contribution >= 4 is 43.6 Å². The van der Waals surface area contributed by atoms with Crippen LogP contribution in [0.1, 0.15) is 57.2 Å². The molecule has 35 heavy (non-hydrogen) atoms. The molecule has 1 N–H and O–H groups in total. The quantitative estimate of drug-likeness (QED) is 0.269. The first-order chi connectivity index (χ1) is 16.8. The van der Waals surface area contributed by atoms with Gasteiger partial charge in [-0.3, -0.25) is 0 Å². The molecule has 0 saturated carbocycles. The molecular weight excluding hydrogens is 424 g/mol. The van der Waals surface area contributed by atoms with Gasteiger partial charge in [0.25, 0.3) is 0 Å². The summed E-state index contributed by atoms with van der Waals surface area (Å²) in [4.78, 5) is 3.81. The molecule has 0 amide bonds. The molecule has 0 fully saturated rings. The van der Waals surface area contributed by atoms with Crippen molar-refractivity contribution in [1.29, 1.82) is 0 Å². The minimum absolute atomic E-state index is 0.207. The van der Waals surface area contributed by atoms with E-state index < -0.39 is 0 Å². The minimum Gasteiger partial charge on any atom is -0.354 e. The molecule has 0 bridgehead atoms. The average Bonchev–Trinajstić information content (AvgIpc) is 3.35. The van der Waals surface area contributed by atoms with Crippen LogP contribution < -0.4 is 0 Å². The van der Waals surface area contributed by atoms with Gasteiger partial charge in [0.1, 0.15) is 0 Å². The number of rotatable bonds is 2. The molecule has 0 spiro atoms. The summed E-state index contributed by atoms with van der Waals surface area (Å²) in [6, 6.07) is 29.4. The Bertz CT molecular complexity index is 1760. The predicted molar refractivity (Wildman–Crippen MR) is 150 cm³/mol. The molecule has 1 aliphatic rings. The molecule has 2 aromatic heterocycles. The number of aromatic amines is 1. The van der Waals surface area contributed by atoms with Crippen molar-refractivity contribution in [3.8, 4) is 0 Å². The lowest BCUT2D eigenvalue weighted by atomic mass is 9.63. The first-order valence-corrected chi connectivity index (χ1v) is 12.9. The zero-order valence-corrected chi connectivity index (χ0v) is 21.1. The summed E-state index contributed by atoms with van der Waals surface area (Å²) < 4.78 is 2.47. The second-order valence-electron chi connectivity index (χ2n) is 11.8. The van der Waals surface area contributed by atoms with Crippen LogP contribution >= 0.6 is 0 Å². The van der Waals surface area contributed by atoms with Crippen molar-refractivity contribution in [3.05, 3.63) is 95.6 Å². The van der Waals surface area contributed by atoms with Gasteiger partial charge in [0.15, 0.2) is 0 Å². The zero-order valence-electron chi connectivity index (χ0n) is 21.1. The molecule has 7 rings (SSSR count). The number of nitrogens with zero attached hydrogens (tertiary/aromatic N) is 1. The van der Waals surface area contributed by atoms with Crippen LogP contribution in [0.25, 0.3) is 43.6 Å². The van der Waals surface area contributed by atoms with Crippen molar-refractivity contribution in [2.45, 2.75) is 57.9 Å². The normalized spacial score (nSPS) is 16.9. The Morgan fingerprint density at radius 2 is 1.26 bits per heavy atom. The number of para-hydroxylation sites is 1. The summed E-state index contributed by atoms with van der Waals surface area (Å²) in [7, 11) is 0. The fourth-order valence-electron chi connectivity index (χ4n) is 6.44. The van der Waals surface area contributed by atoms with Crippen LogP contribution in [0.4, 0.5) is 0 Å². The maximum atomic E-state index is 3.81. The van der Waals surface area contributed by atoms with Crippen LogP contribution in [0.2, 0.25) is 0 Å². The van der Waals surface area contributed by atoms with Gasteiger partial charge in [-0.05, 0) is 70.7 Å². The van der Waals surface area contributed by atoms with E-state index in [1.807, 2.05) is 0 Å². The lowest BCUT2D eigenvalue weighted by Crippen LogP contribution is -2.33. The van der Waals surface area contributed by atoms with Gasteiger partial charge < -0.3 is 9.55 Å². The first-order valence-electron chi connectivity index (χ1n) is 12.9. The molecule has 4 aromatic carbocycles. The average molecular weight is 457 g/mol. The SMILES string of the molecule is CC1(C)CCC(C)(C)c2cc3c(cc21)[nH]c1cc2c(cc13)c1ccccc1n2Cc1ccccc1. The summed E-state index contributed by atoms with van der Waals surface area (Å²) in [5.41, 5.74) is 9.85. The Kier molecular flexibility index (Phi) is 4.17. The second-order valence-corrected chi connectivity index (χ2v) is 11.8. The molecule has 1 aliphatic carbocycles. The molecule has 2 heteroatoms. The number of nitrogens with one attached hydrogen (secondary N) is 1. The van der Waals surface area contributed by atoms with Crippen LogP contribution in [-0.4, -0.2) is 9.55 Å². The fourth-order valence-corrected chi connectivity index (χ4v) is 6.44. The Balaban J connectivity index is 1.53. The van der Waals surface area contributed by atoms with Crippen LogP contribution in [0.5, 0.6) is 0 Å². The Morgan fingerprint density at radius 3 is 2.03 bits per heavy atom. The molecule has 0 unspecified atom stereocenters. The van der Waals surface area contributed by atoms with Gasteiger partial charge in [0, 0.05) is 44.6 Å². The fraction of sp³-hybridized carbons (Fsp3) is 0.273. The summed E-state index contributed by atoms with van der Waals surface area (Å²) in [6.45, 7) is 10.5. The summed E-state index contributed by atoms with van der Waals surface area (Å²) in [6.07, 6.45) is 2.47. The number of hydrogen-bond donors (Lipinski definition) is 1. The third-order valence-corrected chi connectivity index (χ3v) is 8.65. The highest BCUT2D eigenvalue weighted by Crippen LogP contribution is 2.48. The van der Waals surface area contributed by atoms with Gasteiger partial charge in [-0.1, -0.05) is 76.2 Å². The van der Waals surface area contributed by atoms with E-state index in [4.69, 9.17) is 0 Å². The van der Waals surface area contributed by atoms with Gasteiger partial charge in [-0.2, -0.15) is 0 Å². The highest BCUT2D eigenvalue weighted by molar-refractivity contribution is 6.18. The summed E-state index contributed by atoms with van der Waals surface area (Å²) >= 11 is 0. The molecule has 2 heterocycles. The van der Waals surface area contributed by atoms with Gasteiger partial charge >= 0.3 is 0 Å². The van der Waals surface area contributed by atoms with Crippen molar-refractivity contribution in [1.82, 2.24) is 9.55 Å². The monoisotopic (exact) mass is 456 g/mol. The van der Waals surface area contributed by atoms with Crippen LogP contribution in [0, 0.1) is 0 Å². The topological polar surface area (TPSA) is 20.7 Å². The summed E-state index contributed by atoms with van der Waals surface area (Å²) in [5.74, 6) is 0. The zero-order chi connectivity index (χ0) is 23.9. The number of H-pyrrole nitrogens is 1. The van der Waals surface area contributed by atoms with Gasteiger partial charge in [-0.15, -0.1) is 0 Å². The molecule has 0 saturated heterocycles. The van der Waals surface area contributed by atoms with E-state index in [2.05, 4.69) is 116 Å². The second kappa shape index (κ2) is 7.01. The lowest BCUT2D eigenvalue weighted by Gasteiger charge is -2.41. The van der Waals surface area contributed by atoms with E-state index in [-0.39, 0.29) is 10.8 Å². The Hall–Kier alpha value is -3.52. The molecule has 0 radical (unpaired) electrons. The summed E-state index contributed by atoms with van der Waals surface area (Å²) in [5, 5.41) is 5.35. The maximum absolute atomic E-state index is 3.81. The molecule has 6 aromatic rings. The minimum atomic E-state index is 0.207. The van der Waals surface area contributed by atoms with Crippen LogP contribution in [0.3, 0.4) is 0 Å². The van der Waals surface area contributed by atoms with Crippen molar-refractivity contribution in [2.24, 2.45) is 0 Å². The molecule has 2 nitrogen and oxygen atoms in total. The maximum Gasteiger partial charge on any atom is 0.0515 e. The third kappa shape index (κ3) is 3.02. The van der Waals surface area contributed by atoms with E-state index in [1.165, 1.54) is 73.1 Å². The van der Waals surface area contributed by atoms with E-state index in [1.54, 1.807) is 0 Å². The van der Waals surface area contributed by atoms with Gasteiger partial charge in [0.2, 0.25) is 0 Å². The first kappa shape index (κ1) is 20.8. The molecule has 174 valence electrons. The molecule has 0 atom stereocenters. The smallest absolute Gasteiger partial charge is 0.0515 e. The molecular formula is C33H32N2. The van der Waals surface area contributed by atoms with Crippen LogP contribution in [-0.2, 0) is 17.4 Å². The van der Waals surface area contributed by atoms with Crippen LogP contribution in [0.15, 0.2) is 78.9 Å². The predicted octanol–water partition coefficient (Wildman–Crippen LogP) is 8.83. The van der Waals surface area contributed by atoms with E-state index in [0.717, 1.165) is 6.54 Å². The number of hydrogen-bond acceptors (Lipinski definition) is 0. The van der Waals surface area contributed by atoms with Gasteiger partial charge in [-0.25, -0.2) is 0 Å². The Labute approximate surface area is 206 Å². The van der Waals surface area contributed by atoms with Gasteiger partial charge in [0.05, 0.1) is 5.52 Å². The number of benzene rings is 4. The third-order valence-electron chi connectivity index (χ3n) is 8.65. The highest BCUT2D eigenvalue weighted by atomic mass is 15.0. The van der Waals surface area contributed by atoms with Crippen molar-refractivity contribution in [3.63, 3.8) is 0 Å². The molecule has 0 aliphatic heterocycles. The Morgan fingerprint density at radius 1 is 0.629 bits per heavy atom. The lowest BCUT2D eigenvalue weighted by molar-refractivity contribution is 0.332. The largest absolute Gasteiger partial charge is 0.354 e. The standard InChI is InChI=1S/C33H32N2/c1-32(2)14-15-33(3,4)27-18-28-24(17-26(27)32)23-16-25-22-12-8-9-13-30(22)35(31(25)19-29(23)34-28)20-21-10-6-5-7-11-21/h5-13,16-19,34H,14-15,20H2,1-4H3. The van der Waals surface area contributed by atoms with Crippen molar-refractivity contribution in [2.75, 3.05) is 0 Å². The van der Waals surface area contributed by atoms with E-state index in [9.17, 15) is 0 Å². The van der Waals surface area contributed by atoms with E-state index in [0.29, 0.717) is 0 Å². The number of fused-ring (bicyclic) bond motifs is 7. The van der Waals surface area contributed by atoms with Crippen molar-refractivity contribution < 1.29 is 0 Å². The highest BCUT2D eigenvalue weighted by Gasteiger charge is 2.37.